The minimum atomic E-state index is -0.413. The molecule has 1 amide bonds. The number of hydrogen-bond donors (Lipinski definition) is 0. The number of rotatable bonds is 3. The maximum absolute atomic E-state index is 12.1. The van der Waals surface area contributed by atoms with E-state index in [1.165, 1.54) is 11.3 Å². The molecular formula is C15H15N3O3S. The van der Waals surface area contributed by atoms with Crippen LogP contribution in [0.4, 0.5) is 0 Å². The summed E-state index contributed by atoms with van der Waals surface area (Å²) in [6.07, 6.45) is 0. The van der Waals surface area contributed by atoms with Crippen LogP contribution in [0.2, 0.25) is 0 Å². The van der Waals surface area contributed by atoms with Crippen molar-refractivity contribution in [3.63, 3.8) is 0 Å². The first-order chi connectivity index (χ1) is 10.6. The van der Waals surface area contributed by atoms with Gasteiger partial charge in [0.2, 0.25) is 0 Å². The average molecular weight is 317 g/mol. The van der Waals surface area contributed by atoms with E-state index in [-0.39, 0.29) is 5.69 Å². The summed E-state index contributed by atoms with van der Waals surface area (Å²) in [4.78, 5) is 16.8. The molecule has 6 nitrogen and oxygen atoms in total. The van der Waals surface area contributed by atoms with Crippen LogP contribution in [0.5, 0.6) is 5.75 Å². The molecule has 0 radical (unpaired) electrons. The lowest BCUT2D eigenvalue weighted by Crippen LogP contribution is -2.13. The maximum atomic E-state index is 12.1. The average Bonchev–Trinajstić information content (AvgIpc) is 3.04. The zero-order chi connectivity index (χ0) is 15.7. The Hall–Kier alpha value is -2.41. The molecule has 0 unspecified atom stereocenters. The molecule has 1 aromatic carbocycles. The third-order valence-corrected chi connectivity index (χ3v) is 4.23. The highest BCUT2D eigenvalue weighted by molar-refractivity contribution is 7.16. The van der Waals surface area contributed by atoms with E-state index in [1.54, 1.807) is 13.0 Å². The van der Waals surface area contributed by atoms with Gasteiger partial charge in [-0.05, 0) is 32.0 Å². The normalized spacial score (nSPS) is 12.0. The highest BCUT2D eigenvalue weighted by Gasteiger charge is 2.11. The summed E-state index contributed by atoms with van der Waals surface area (Å²) in [6, 6.07) is 7.39. The number of carbonyl (C=O) groups is 1. The van der Waals surface area contributed by atoms with Gasteiger partial charge in [0.05, 0.1) is 16.8 Å². The van der Waals surface area contributed by atoms with Crippen LogP contribution in [0.1, 0.15) is 23.2 Å². The van der Waals surface area contributed by atoms with E-state index in [4.69, 9.17) is 9.26 Å². The van der Waals surface area contributed by atoms with Gasteiger partial charge in [-0.25, -0.2) is 0 Å². The summed E-state index contributed by atoms with van der Waals surface area (Å²) < 4.78 is 13.3. The molecule has 2 aromatic heterocycles. The molecule has 0 aliphatic rings. The van der Waals surface area contributed by atoms with Gasteiger partial charge >= 0.3 is 5.91 Å². The SMILES string of the molecule is CCOc1ccc2c(c1)sc(=NC(=O)c1cc(C)on1)n2C. The number of thiazole rings is 1. The van der Waals surface area contributed by atoms with Crippen LogP contribution < -0.4 is 9.54 Å². The standard InChI is InChI=1S/C15H15N3O3S/c1-4-20-10-5-6-12-13(8-10)22-15(18(12)3)16-14(19)11-7-9(2)21-17-11/h5-8H,4H2,1-3H3. The van der Waals surface area contributed by atoms with Gasteiger partial charge in [0, 0.05) is 13.1 Å². The first-order valence-electron chi connectivity index (χ1n) is 6.83. The molecule has 0 bridgehead atoms. The summed E-state index contributed by atoms with van der Waals surface area (Å²) in [6.45, 7) is 4.29. The fourth-order valence-corrected chi connectivity index (χ4v) is 3.13. The molecule has 0 atom stereocenters. The second-order valence-corrected chi connectivity index (χ2v) is 5.76. The number of ether oxygens (including phenoxy) is 1. The highest BCUT2D eigenvalue weighted by atomic mass is 32.1. The van der Waals surface area contributed by atoms with E-state index in [0.717, 1.165) is 16.0 Å². The molecule has 3 aromatic rings. The first-order valence-corrected chi connectivity index (χ1v) is 7.65. The number of carbonyl (C=O) groups excluding carboxylic acids is 1. The number of amides is 1. The van der Waals surface area contributed by atoms with Gasteiger partial charge in [-0.3, -0.25) is 4.79 Å². The minimum absolute atomic E-state index is 0.213. The van der Waals surface area contributed by atoms with Gasteiger partial charge in [0.25, 0.3) is 0 Å². The van der Waals surface area contributed by atoms with E-state index in [2.05, 4.69) is 10.1 Å². The van der Waals surface area contributed by atoms with Gasteiger partial charge in [-0.1, -0.05) is 16.5 Å². The number of aryl methyl sites for hydroxylation is 2. The van der Waals surface area contributed by atoms with Crippen LogP contribution in [-0.2, 0) is 7.05 Å². The maximum Gasteiger partial charge on any atom is 0.301 e. The van der Waals surface area contributed by atoms with Crippen LogP contribution >= 0.6 is 11.3 Å². The number of benzene rings is 1. The molecule has 0 N–H and O–H groups in total. The van der Waals surface area contributed by atoms with Crippen molar-refractivity contribution in [1.29, 1.82) is 0 Å². The van der Waals surface area contributed by atoms with Gasteiger partial charge in [-0.15, -0.1) is 0 Å². The monoisotopic (exact) mass is 317 g/mol. The molecule has 0 saturated heterocycles. The Kier molecular flexibility index (Phi) is 3.81. The molecule has 0 saturated carbocycles. The number of nitrogens with zero attached hydrogens (tertiary/aromatic N) is 3. The molecule has 22 heavy (non-hydrogen) atoms. The zero-order valence-electron chi connectivity index (χ0n) is 12.5. The van der Waals surface area contributed by atoms with Crippen molar-refractivity contribution in [1.82, 2.24) is 9.72 Å². The third-order valence-electron chi connectivity index (χ3n) is 3.14. The quantitative estimate of drug-likeness (QED) is 0.744. The Balaban J connectivity index is 2.05. The zero-order valence-corrected chi connectivity index (χ0v) is 13.3. The molecule has 0 aliphatic carbocycles. The van der Waals surface area contributed by atoms with Crippen molar-refractivity contribution in [3.05, 3.63) is 40.5 Å². The van der Waals surface area contributed by atoms with Crippen molar-refractivity contribution in [2.45, 2.75) is 13.8 Å². The molecule has 114 valence electrons. The molecule has 7 heteroatoms. The number of aromatic nitrogens is 2. The summed E-state index contributed by atoms with van der Waals surface area (Å²) in [7, 11) is 1.87. The van der Waals surface area contributed by atoms with Crippen molar-refractivity contribution in [3.8, 4) is 5.75 Å². The lowest BCUT2D eigenvalue weighted by molar-refractivity contribution is 0.0989. The molecule has 0 aliphatic heterocycles. The fraction of sp³-hybridized carbons (Fsp3) is 0.267. The number of hydrogen-bond acceptors (Lipinski definition) is 5. The van der Waals surface area contributed by atoms with Crippen LogP contribution in [0.25, 0.3) is 10.2 Å². The van der Waals surface area contributed by atoms with E-state index in [1.807, 2.05) is 36.7 Å². The van der Waals surface area contributed by atoms with E-state index >= 15 is 0 Å². The predicted molar refractivity (Wildman–Crippen MR) is 83.1 cm³/mol. The topological polar surface area (TPSA) is 69.6 Å². The molecule has 2 heterocycles. The lowest BCUT2D eigenvalue weighted by Gasteiger charge is -2.02. The Morgan fingerprint density at radius 3 is 2.95 bits per heavy atom. The van der Waals surface area contributed by atoms with Crippen LogP contribution in [0.15, 0.2) is 33.8 Å². The Labute approximate surface area is 130 Å². The van der Waals surface area contributed by atoms with Crippen molar-refractivity contribution >= 4 is 27.5 Å². The van der Waals surface area contributed by atoms with Gasteiger partial charge in [0.15, 0.2) is 10.5 Å². The van der Waals surface area contributed by atoms with E-state index in [0.29, 0.717) is 17.2 Å². The van der Waals surface area contributed by atoms with Crippen molar-refractivity contribution in [2.75, 3.05) is 6.61 Å². The number of fused-ring (bicyclic) bond motifs is 1. The molecule has 3 rings (SSSR count). The lowest BCUT2D eigenvalue weighted by atomic mass is 10.3. The largest absolute Gasteiger partial charge is 0.494 e. The fourth-order valence-electron chi connectivity index (χ4n) is 2.09. The van der Waals surface area contributed by atoms with Crippen molar-refractivity contribution in [2.24, 2.45) is 12.0 Å². The third kappa shape index (κ3) is 2.67. The summed E-state index contributed by atoms with van der Waals surface area (Å²) in [5.74, 6) is 0.978. The second kappa shape index (κ2) is 5.76. The van der Waals surface area contributed by atoms with Crippen LogP contribution in [0, 0.1) is 6.92 Å². The van der Waals surface area contributed by atoms with Crippen molar-refractivity contribution < 1.29 is 14.1 Å². The van der Waals surface area contributed by atoms with Gasteiger partial charge in [-0.2, -0.15) is 4.99 Å². The van der Waals surface area contributed by atoms with Gasteiger partial charge in [0.1, 0.15) is 11.5 Å². The first kappa shape index (κ1) is 14.5. The Morgan fingerprint density at radius 2 is 2.27 bits per heavy atom. The van der Waals surface area contributed by atoms with Gasteiger partial charge < -0.3 is 13.8 Å². The second-order valence-electron chi connectivity index (χ2n) is 4.75. The molecular weight excluding hydrogens is 302 g/mol. The Morgan fingerprint density at radius 1 is 1.45 bits per heavy atom. The molecule has 0 spiro atoms. The van der Waals surface area contributed by atoms with E-state index < -0.39 is 5.91 Å². The predicted octanol–water partition coefficient (Wildman–Crippen LogP) is 2.68. The van der Waals surface area contributed by atoms with E-state index in [9.17, 15) is 4.79 Å². The summed E-state index contributed by atoms with van der Waals surface area (Å²) in [5.41, 5.74) is 1.21. The van der Waals surface area contributed by atoms with Crippen LogP contribution in [0.3, 0.4) is 0 Å². The smallest absolute Gasteiger partial charge is 0.301 e. The highest BCUT2D eigenvalue weighted by Crippen LogP contribution is 2.22. The summed E-state index contributed by atoms with van der Waals surface area (Å²) >= 11 is 1.43. The van der Waals surface area contributed by atoms with Crippen LogP contribution in [-0.4, -0.2) is 22.2 Å². The molecule has 0 fully saturated rings. The summed E-state index contributed by atoms with van der Waals surface area (Å²) in [5, 5.41) is 3.69. The Bertz CT molecular complexity index is 904. The minimum Gasteiger partial charge on any atom is -0.494 e.